The van der Waals surface area contributed by atoms with E-state index in [9.17, 15) is 0 Å². The molecule has 26 heavy (non-hydrogen) atoms. The lowest BCUT2D eigenvalue weighted by Gasteiger charge is -2.18. The number of benzene rings is 2. The summed E-state index contributed by atoms with van der Waals surface area (Å²) in [6.45, 7) is 4.09. The number of nitrogens with one attached hydrogen (secondary N) is 1. The normalized spacial score (nSPS) is 10.8. The molecule has 0 unspecified atom stereocenters. The first-order valence-electron chi connectivity index (χ1n) is 8.33. The van der Waals surface area contributed by atoms with Gasteiger partial charge in [0.15, 0.2) is 0 Å². The van der Waals surface area contributed by atoms with Crippen LogP contribution >= 0.6 is 11.6 Å². The molecule has 5 nitrogen and oxygen atoms in total. The maximum atomic E-state index is 6.36. The molecule has 0 fully saturated rings. The van der Waals surface area contributed by atoms with Crippen LogP contribution in [0.5, 0.6) is 5.75 Å². The van der Waals surface area contributed by atoms with Gasteiger partial charge in [-0.3, -0.25) is 0 Å². The first kappa shape index (κ1) is 18.0. The molecule has 0 aliphatic rings. The van der Waals surface area contributed by atoms with Crippen molar-refractivity contribution in [1.82, 2.24) is 9.97 Å². The summed E-state index contributed by atoms with van der Waals surface area (Å²) in [6, 6.07) is 15.7. The lowest BCUT2D eigenvalue weighted by Crippen LogP contribution is -2.14. The van der Waals surface area contributed by atoms with E-state index in [-0.39, 0.29) is 12.0 Å². The molecule has 0 bridgehead atoms. The molecule has 0 amide bonds. The van der Waals surface area contributed by atoms with Crippen LogP contribution in [0.2, 0.25) is 5.02 Å². The number of nitrogen functional groups attached to an aromatic ring is 1. The number of hydrogen-bond donors (Lipinski definition) is 2. The molecule has 1 heterocycles. The average Bonchev–Trinajstić information content (AvgIpc) is 2.61. The molecule has 0 atom stereocenters. The summed E-state index contributed by atoms with van der Waals surface area (Å²) in [6.07, 6.45) is 0. The fourth-order valence-electron chi connectivity index (χ4n) is 2.76. The van der Waals surface area contributed by atoms with Gasteiger partial charge in [-0.15, -0.1) is 0 Å². The zero-order chi connectivity index (χ0) is 18.7. The second-order valence-electron chi connectivity index (χ2n) is 6.17. The van der Waals surface area contributed by atoms with Crippen LogP contribution in [0.3, 0.4) is 0 Å². The number of rotatable bonds is 5. The summed E-state index contributed by atoms with van der Waals surface area (Å²) in [5.74, 6) is 1.51. The number of ether oxygens (including phenoxy) is 1. The van der Waals surface area contributed by atoms with Crippen molar-refractivity contribution in [2.24, 2.45) is 0 Å². The first-order chi connectivity index (χ1) is 12.5. The summed E-state index contributed by atoms with van der Waals surface area (Å²) < 4.78 is 5.27. The van der Waals surface area contributed by atoms with E-state index in [2.05, 4.69) is 15.3 Å². The molecule has 3 rings (SSSR count). The van der Waals surface area contributed by atoms with Gasteiger partial charge in [0.1, 0.15) is 11.6 Å². The molecule has 0 radical (unpaired) electrons. The second-order valence-corrected chi connectivity index (χ2v) is 6.58. The van der Waals surface area contributed by atoms with Gasteiger partial charge in [-0.05, 0) is 31.5 Å². The minimum absolute atomic E-state index is 0.181. The molecule has 0 aliphatic carbocycles. The largest absolute Gasteiger partial charge is 0.495 e. The van der Waals surface area contributed by atoms with E-state index in [4.69, 9.17) is 22.1 Å². The van der Waals surface area contributed by atoms with Crippen molar-refractivity contribution in [1.29, 1.82) is 0 Å². The Balaban J connectivity index is 2.28. The lowest BCUT2D eigenvalue weighted by molar-refractivity contribution is 0.415. The highest BCUT2D eigenvalue weighted by Crippen LogP contribution is 2.39. The molecule has 6 heteroatoms. The number of nitrogens with two attached hydrogens (primary N) is 1. The van der Waals surface area contributed by atoms with E-state index in [1.165, 1.54) is 0 Å². The predicted molar refractivity (Wildman–Crippen MR) is 108 cm³/mol. The third-order valence-corrected chi connectivity index (χ3v) is 4.13. The fraction of sp³-hybridized carbons (Fsp3) is 0.200. The predicted octanol–water partition coefficient (Wildman–Crippen LogP) is 4.88. The summed E-state index contributed by atoms with van der Waals surface area (Å²) in [7, 11) is 1.59. The van der Waals surface area contributed by atoms with Crippen LogP contribution in [-0.2, 0) is 0 Å². The van der Waals surface area contributed by atoms with Gasteiger partial charge in [0.25, 0.3) is 0 Å². The van der Waals surface area contributed by atoms with Crippen molar-refractivity contribution in [3.8, 4) is 28.1 Å². The molecular weight excluding hydrogens is 348 g/mol. The minimum atomic E-state index is 0.181. The van der Waals surface area contributed by atoms with E-state index in [0.29, 0.717) is 16.6 Å². The molecule has 1 aromatic heterocycles. The number of methoxy groups -OCH3 is 1. The average molecular weight is 369 g/mol. The summed E-state index contributed by atoms with van der Waals surface area (Å²) in [5, 5.41) is 3.89. The van der Waals surface area contributed by atoms with Gasteiger partial charge >= 0.3 is 0 Å². The maximum absolute atomic E-state index is 6.36. The minimum Gasteiger partial charge on any atom is -0.495 e. The molecule has 0 aliphatic heterocycles. The number of hydrogen-bond acceptors (Lipinski definition) is 5. The molecule has 134 valence electrons. The zero-order valence-corrected chi connectivity index (χ0v) is 15.7. The van der Waals surface area contributed by atoms with Gasteiger partial charge in [0.2, 0.25) is 5.95 Å². The molecule has 3 N–H and O–H groups in total. The van der Waals surface area contributed by atoms with Gasteiger partial charge < -0.3 is 15.8 Å². The SMILES string of the molecule is COc1ccc(-c2c(NC(C)C)nc(N)nc2-c2ccccc2)cc1Cl. The Morgan fingerprint density at radius 1 is 1.04 bits per heavy atom. The molecular formula is C20H21ClN4O. The van der Waals surface area contributed by atoms with Crippen molar-refractivity contribution in [3.63, 3.8) is 0 Å². The maximum Gasteiger partial charge on any atom is 0.222 e. The third-order valence-electron chi connectivity index (χ3n) is 3.84. The highest BCUT2D eigenvalue weighted by Gasteiger charge is 2.18. The van der Waals surface area contributed by atoms with Crippen LogP contribution in [0.4, 0.5) is 11.8 Å². The second kappa shape index (κ2) is 7.62. The van der Waals surface area contributed by atoms with Crippen LogP contribution < -0.4 is 15.8 Å². The van der Waals surface area contributed by atoms with Gasteiger partial charge in [-0.2, -0.15) is 4.98 Å². The molecule has 0 spiro atoms. The smallest absolute Gasteiger partial charge is 0.222 e. The lowest BCUT2D eigenvalue weighted by atomic mass is 9.99. The van der Waals surface area contributed by atoms with E-state index in [1.54, 1.807) is 7.11 Å². The Bertz CT molecular complexity index is 913. The van der Waals surface area contributed by atoms with Crippen molar-refractivity contribution in [2.75, 3.05) is 18.2 Å². The fourth-order valence-corrected chi connectivity index (χ4v) is 3.01. The van der Waals surface area contributed by atoms with E-state index in [1.807, 2.05) is 62.4 Å². The van der Waals surface area contributed by atoms with Crippen LogP contribution in [0.15, 0.2) is 48.5 Å². The van der Waals surface area contributed by atoms with Crippen LogP contribution in [0.1, 0.15) is 13.8 Å². The summed E-state index contributed by atoms with van der Waals surface area (Å²) in [4.78, 5) is 8.94. The Morgan fingerprint density at radius 3 is 2.38 bits per heavy atom. The van der Waals surface area contributed by atoms with Crippen molar-refractivity contribution >= 4 is 23.4 Å². The van der Waals surface area contributed by atoms with E-state index < -0.39 is 0 Å². The van der Waals surface area contributed by atoms with E-state index in [0.717, 1.165) is 22.4 Å². The van der Waals surface area contributed by atoms with Crippen LogP contribution in [-0.4, -0.2) is 23.1 Å². The highest BCUT2D eigenvalue weighted by atomic mass is 35.5. The topological polar surface area (TPSA) is 73.1 Å². The van der Waals surface area contributed by atoms with Gasteiger partial charge in [0.05, 0.1) is 23.4 Å². The molecule has 0 saturated heterocycles. The quantitative estimate of drug-likeness (QED) is 0.671. The standard InChI is InChI=1S/C20H21ClN4O/c1-12(2)23-19-17(14-9-10-16(26-3)15(21)11-14)18(24-20(22)25-19)13-7-5-4-6-8-13/h4-12H,1-3H3,(H3,22,23,24,25). The Labute approximate surface area is 158 Å². The zero-order valence-electron chi connectivity index (χ0n) is 15.0. The Kier molecular flexibility index (Phi) is 5.28. The number of aromatic nitrogens is 2. The molecule has 0 saturated carbocycles. The van der Waals surface area contributed by atoms with Crippen molar-refractivity contribution in [2.45, 2.75) is 19.9 Å². The summed E-state index contributed by atoms with van der Waals surface area (Å²) >= 11 is 6.36. The van der Waals surface area contributed by atoms with Crippen molar-refractivity contribution < 1.29 is 4.74 Å². The molecule has 3 aromatic rings. The highest BCUT2D eigenvalue weighted by molar-refractivity contribution is 6.32. The Morgan fingerprint density at radius 2 is 1.77 bits per heavy atom. The number of halogens is 1. The van der Waals surface area contributed by atoms with Crippen molar-refractivity contribution in [3.05, 3.63) is 53.6 Å². The van der Waals surface area contributed by atoms with Gasteiger partial charge in [0, 0.05) is 11.6 Å². The van der Waals surface area contributed by atoms with Crippen LogP contribution in [0, 0.1) is 0 Å². The monoisotopic (exact) mass is 368 g/mol. The number of anilines is 2. The van der Waals surface area contributed by atoms with Gasteiger partial charge in [-0.1, -0.05) is 48.0 Å². The first-order valence-corrected chi connectivity index (χ1v) is 8.70. The Hall–Kier alpha value is -2.79. The van der Waals surface area contributed by atoms with Crippen LogP contribution in [0.25, 0.3) is 22.4 Å². The summed E-state index contributed by atoms with van der Waals surface area (Å²) in [5.41, 5.74) is 9.43. The number of nitrogens with zero attached hydrogens (tertiary/aromatic N) is 2. The van der Waals surface area contributed by atoms with E-state index >= 15 is 0 Å². The molecule has 2 aromatic carbocycles. The third kappa shape index (κ3) is 3.73. The van der Waals surface area contributed by atoms with Gasteiger partial charge in [-0.25, -0.2) is 4.98 Å².